The summed E-state index contributed by atoms with van der Waals surface area (Å²) in [6.45, 7) is 0.841. The lowest BCUT2D eigenvalue weighted by Gasteiger charge is -2.33. The summed E-state index contributed by atoms with van der Waals surface area (Å²) in [7, 11) is 0. The van der Waals surface area contributed by atoms with E-state index in [4.69, 9.17) is 10.5 Å². The summed E-state index contributed by atoms with van der Waals surface area (Å²) in [5.74, 6) is -1.74. The second kappa shape index (κ2) is 10.1. The maximum Gasteiger partial charge on any atom is 0.410 e. The van der Waals surface area contributed by atoms with Gasteiger partial charge in [0, 0.05) is 25.3 Å². The molecule has 1 saturated heterocycles. The van der Waals surface area contributed by atoms with E-state index in [1.807, 2.05) is 12.1 Å². The fourth-order valence-corrected chi connectivity index (χ4v) is 5.87. The van der Waals surface area contributed by atoms with Crippen LogP contribution in [0.3, 0.4) is 0 Å². The fraction of sp³-hybridized carbons (Fsp3) is 0.357. The SMILES string of the molecule is Nc1ccc2c(n1)[C@H](OC(=O)N1CCC(n3c(=O)[nH]c4ncccc43)CC1)CC[C@@H](c1cccc(F)c1F)C2. The van der Waals surface area contributed by atoms with E-state index in [1.165, 1.54) is 6.07 Å². The molecular weight excluding hydrogens is 506 g/mol. The first-order chi connectivity index (χ1) is 18.9. The maximum absolute atomic E-state index is 14.6. The monoisotopic (exact) mass is 534 g/mol. The molecule has 4 heterocycles. The normalized spacial score (nSPS) is 20.0. The van der Waals surface area contributed by atoms with Gasteiger partial charge in [-0.05, 0) is 73.4 Å². The number of benzene rings is 1. The van der Waals surface area contributed by atoms with E-state index in [1.54, 1.807) is 33.9 Å². The molecule has 3 N–H and O–H groups in total. The number of ether oxygens (including phenoxy) is 1. The van der Waals surface area contributed by atoms with Crippen LogP contribution in [0.2, 0.25) is 0 Å². The molecule has 1 amide bonds. The lowest BCUT2D eigenvalue weighted by molar-refractivity contribution is 0.0473. The zero-order valence-electron chi connectivity index (χ0n) is 21.1. The molecule has 11 heteroatoms. The van der Waals surface area contributed by atoms with Crippen molar-refractivity contribution in [3.63, 3.8) is 0 Å². The van der Waals surface area contributed by atoms with Gasteiger partial charge in [-0.3, -0.25) is 9.55 Å². The number of fused-ring (bicyclic) bond motifs is 2. The Hall–Kier alpha value is -4.28. The van der Waals surface area contributed by atoms with Gasteiger partial charge >= 0.3 is 11.8 Å². The molecule has 0 bridgehead atoms. The molecule has 1 fully saturated rings. The van der Waals surface area contributed by atoms with E-state index >= 15 is 0 Å². The summed E-state index contributed by atoms with van der Waals surface area (Å²) < 4.78 is 36.3. The van der Waals surface area contributed by atoms with Gasteiger partial charge in [-0.1, -0.05) is 18.2 Å². The molecule has 0 radical (unpaired) electrons. The molecule has 1 aliphatic heterocycles. The number of carbonyl (C=O) groups excluding carboxylic acids is 1. The Morgan fingerprint density at radius 1 is 1.05 bits per heavy atom. The molecule has 6 rings (SSSR count). The van der Waals surface area contributed by atoms with E-state index in [9.17, 15) is 18.4 Å². The Bertz CT molecular complexity index is 1590. The highest BCUT2D eigenvalue weighted by atomic mass is 19.2. The van der Waals surface area contributed by atoms with E-state index in [0.717, 1.165) is 17.1 Å². The number of rotatable bonds is 3. The molecule has 4 aromatic rings. The van der Waals surface area contributed by atoms with Gasteiger partial charge in [-0.2, -0.15) is 0 Å². The molecule has 39 heavy (non-hydrogen) atoms. The van der Waals surface area contributed by atoms with Gasteiger partial charge in [-0.25, -0.2) is 28.3 Å². The number of piperidine rings is 1. The van der Waals surface area contributed by atoms with Crippen LogP contribution in [0.15, 0.2) is 53.5 Å². The Labute approximate surface area is 222 Å². The van der Waals surface area contributed by atoms with Crippen LogP contribution in [-0.4, -0.2) is 43.6 Å². The number of anilines is 1. The van der Waals surface area contributed by atoms with Crippen molar-refractivity contribution >= 4 is 23.1 Å². The number of hydrogen-bond acceptors (Lipinski definition) is 6. The van der Waals surface area contributed by atoms with Crippen LogP contribution in [0.4, 0.5) is 19.4 Å². The number of aromatic nitrogens is 4. The van der Waals surface area contributed by atoms with Crippen molar-refractivity contribution in [3.8, 4) is 0 Å². The minimum atomic E-state index is -0.884. The standard InChI is InChI=1S/C28H28F2N6O3/c29-20-4-1-3-19(24(20)30)16-6-8-22(25-17(15-16)7-9-23(31)33-25)39-28(38)35-13-10-18(11-14-35)36-21-5-2-12-32-26(21)34-27(36)37/h1-5,7,9,12,16,18,22H,6,8,10-11,13-15H2,(H2,31,33)(H,32,34,37)/t16-,22-/m1/s1. The first-order valence-corrected chi connectivity index (χ1v) is 13.1. The predicted octanol–water partition coefficient (Wildman–Crippen LogP) is 4.61. The third-order valence-electron chi connectivity index (χ3n) is 7.82. The summed E-state index contributed by atoms with van der Waals surface area (Å²) in [5, 5.41) is 0. The molecule has 0 saturated carbocycles. The van der Waals surface area contributed by atoms with Gasteiger partial charge < -0.3 is 15.4 Å². The summed E-state index contributed by atoms with van der Waals surface area (Å²) in [4.78, 5) is 38.9. The topological polar surface area (TPSA) is 119 Å². The number of carbonyl (C=O) groups is 1. The van der Waals surface area contributed by atoms with Gasteiger partial charge in [-0.15, -0.1) is 0 Å². The number of nitrogens with zero attached hydrogens (tertiary/aromatic N) is 4. The number of hydrogen-bond donors (Lipinski definition) is 2. The number of pyridine rings is 2. The quantitative estimate of drug-likeness (QED) is 0.371. The first kappa shape index (κ1) is 25.0. The van der Waals surface area contributed by atoms with Crippen molar-refractivity contribution in [3.05, 3.63) is 87.6 Å². The Kier molecular flexibility index (Phi) is 6.49. The van der Waals surface area contributed by atoms with Gasteiger partial charge in [0.1, 0.15) is 11.9 Å². The average molecular weight is 535 g/mol. The van der Waals surface area contributed by atoms with Crippen molar-refractivity contribution in [1.29, 1.82) is 0 Å². The Morgan fingerprint density at radius 3 is 2.69 bits per heavy atom. The smallest absolute Gasteiger partial charge is 0.410 e. The molecule has 0 unspecified atom stereocenters. The Morgan fingerprint density at radius 2 is 1.87 bits per heavy atom. The highest BCUT2D eigenvalue weighted by Gasteiger charge is 2.33. The lowest BCUT2D eigenvalue weighted by Crippen LogP contribution is -2.41. The molecular formula is C28H28F2N6O3. The molecule has 1 aliphatic carbocycles. The second-order valence-electron chi connectivity index (χ2n) is 10.2. The predicted molar refractivity (Wildman–Crippen MR) is 140 cm³/mol. The number of H-pyrrole nitrogens is 1. The minimum absolute atomic E-state index is 0.0681. The molecule has 2 aliphatic rings. The first-order valence-electron chi connectivity index (χ1n) is 13.1. The zero-order chi connectivity index (χ0) is 27.1. The second-order valence-corrected chi connectivity index (χ2v) is 10.2. The van der Waals surface area contributed by atoms with Crippen LogP contribution in [0.5, 0.6) is 0 Å². The number of nitrogen functional groups attached to an aromatic ring is 1. The summed E-state index contributed by atoms with van der Waals surface area (Å²) in [6.07, 6.45) is 2.96. The number of imidazole rings is 1. The minimum Gasteiger partial charge on any atom is -0.440 e. The molecule has 2 atom stereocenters. The number of nitrogens with one attached hydrogen (secondary N) is 1. The summed E-state index contributed by atoms with van der Waals surface area (Å²) in [5.41, 5.74) is 8.68. The highest BCUT2D eigenvalue weighted by Crippen LogP contribution is 2.39. The molecule has 9 nitrogen and oxygen atoms in total. The Balaban J connectivity index is 1.17. The maximum atomic E-state index is 14.6. The number of amides is 1. The summed E-state index contributed by atoms with van der Waals surface area (Å²) >= 11 is 0. The van der Waals surface area contributed by atoms with Crippen LogP contribution in [0, 0.1) is 11.6 Å². The summed E-state index contributed by atoms with van der Waals surface area (Å²) in [6, 6.07) is 11.3. The number of halogens is 2. The van der Waals surface area contributed by atoms with Gasteiger partial charge in [0.05, 0.1) is 11.2 Å². The van der Waals surface area contributed by atoms with Crippen LogP contribution in [0.1, 0.15) is 60.6 Å². The highest BCUT2D eigenvalue weighted by molar-refractivity contribution is 5.70. The average Bonchev–Trinajstić information content (AvgIpc) is 3.18. The van der Waals surface area contributed by atoms with Crippen molar-refractivity contribution < 1.29 is 18.3 Å². The van der Waals surface area contributed by atoms with E-state index in [2.05, 4.69) is 15.0 Å². The molecule has 202 valence electrons. The third kappa shape index (κ3) is 4.73. The van der Waals surface area contributed by atoms with Crippen LogP contribution in [0.25, 0.3) is 11.2 Å². The third-order valence-corrected chi connectivity index (χ3v) is 7.82. The van der Waals surface area contributed by atoms with Gasteiger partial charge in [0.2, 0.25) is 0 Å². The fourth-order valence-electron chi connectivity index (χ4n) is 5.87. The van der Waals surface area contributed by atoms with Gasteiger partial charge in [0.15, 0.2) is 17.3 Å². The van der Waals surface area contributed by atoms with Crippen molar-refractivity contribution in [2.75, 3.05) is 18.8 Å². The number of likely N-dealkylation sites (tertiary alicyclic amines) is 1. The lowest BCUT2D eigenvalue weighted by atomic mass is 9.90. The van der Waals surface area contributed by atoms with Gasteiger partial charge in [0.25, 0.3) is 0 Å². The molecule has 3 aromatic heterocycles. The number of nitrogens with two attached hydrogens (primary N) is 1. The van der Waals surface area contributed by atoms with E-state index in [-0.39, 0.29) is 17.6 Å². The van der Waals surface area contributed by atoms with Crippen molar-refractivity contribution in [1.82, 2.24) is 24.4 Å². The van der Waals surface area contributed by atoms with Crippen LogP contribution in [-0.2, 0) is 11.2 Å². The molecule has 1 aromatic carbocycles. The number of aromatic amines is 1. The largest absolute Gasteiger partial charge is 0.440 e. The van der Waals surface area contributed by atoms with Crippen LogP contribution < -0.4 is 11.4 Å². The molecule has 0 spiro atoms. The van der Waals surface area contributed by atoms with Crippen molar-refractivity contribution in [2.24, 2.45) is 0 Å². The zero-order valence-corrected chi connectivity index (χ0v) is 21.1. The van der Waals surface area contributed by atoms with Crippen molar-refractivity contribution in [2.45, 2.75) is 50.2 Å². The van der Waals surface area contributed by atoms with Crippen LogP contribution >= 0.6 is 0 Å². The van der Waals surface area contributed by atoms with E-state index in [0.29, 0.717) is 67.9 Å². The van der Waals surface area contributed by atoms with E-state index < -0.39 is 23.8 Å².